The number of fused-ring (bicyclic) bond motifs is 1. The first-order valence-corrected chi connectivity index (χ1v) is 9.20. The third kappa shape index (κ3) is 3.18. The van der Waals surface area contributed by atoms with Crippen molar-refractivity contribution in [3.8, 4) is 0 Å². The largest absolute Gasteiger partial charge is 0.404 e. The number of nitrogens with zero attached hydrogens (tertiary/aromatic N) is 5. The molecular formula is C19H20F3N5O. The fraction of sp³-hybridized carbons (Fsp3) is 0.474. The zero-order valence-electron chi connectivity index (χ0n) is 15.2. The predicted octanol–water partition coefficient (Wildman–Crippen LogP) is 2.26. The van der Waals surface area contributed by atoms with Gasteiger partial charge in [-0.15, -0.1) is 0 Å². The normalized spacial score (nSPS) is 22.7. The molecule has 2 aliphatic rings. The third-order valence-electron chi connectivity index (χ3n) is 5.63. The lowest BCUT2D eigenvalue weighted by Gasteiger charge is -2.35. The summed E-state index contributed by atoms with van der Waals surface area (Å²) < 4.78 is 42.5. The zero-order valence-corrected chi connectivity index (χ0v) is 15.2. The summed E-state index contributed by atoms with van der Waals surface area (Å²) in [5, 5.41) is 0. The minimum Gasteiger partial charge on any atom is -0.355 e. The number of hydrogen-bond donors (Lipinski definition) is 0. The Morgan fingerprint density at radius 2 is 1.93 bits per heavy atom. The topological polar surface area (TPSA) is 62.2 Å². The van der Waals surface area contributed by atoms with Crippen LogP contribution in [0.5, 0.6) is 0 Å². The maximum Gasteiger partial charge on any atom is 0.404 e. The molecule has 148 valence electrons. The minimum absolute atomic E-state index is 0.141. The molecule has 1 atom stereocenters. The number of pyridine rings is 1. The molecular weight excluding hydrogens is 371 g/mol. The second-order valence-electron chi connectivity index (χ2n) is 7.23. The third-order valence-corrected chi connectivity index (χ3v) is 5.63. The molecule has 0 saturated carbocycles. The second-order valence-corrected chi connectivity index (χ2v) is 7.23. The van der Waals surface area contributed by atoms with Gasteiger partial charge in [0.05, 0.1) is 0 Å². The van der Waals surface area contributed by atoms with E-state index in [9.17, 15) is 18.0 Å². The Morgan fingerprint density at radius 1 is 1.11 bits per heavy atom. The van der Waals surface area contributed by atoms with E-state index in [4.69, 9.17) is 0 Å². The molecule has 4 heterocycles. The Bertz CT molecular complexity index is 833. The molecule has 2 aromatic heterocycles. The molecule has 0 aromatic carbocycles. The van der Waals surface area contributed by atoms with Crippen LogP contribution in [0.25, 0.3) is 0 Å². The summed E-state index contributed by atoms with van der Waals surface area (Å²) in [7, 11) is 0. The molecule has 0 aliphatic carbocycles. The van der Waals surface area contributed by atoms with Crippen molar-refractivity contribution in [1.82, 2.24) is 19.9 Å². The molecule has 1 fully saturated rings. The quantitative estimate of drug-likeness (QED) is 0.786. The molecule has 1 saturated heterocycles. The lowest BCUT2D eigenvalue weighted by atomic mass is 9.84. The van der Waals surface area contributed by atoms with Gasteiger partial charge in [-0.05, 0) is 30.5 Å². The van der Waals surface area contributed by atoms with Crippen molar-refractivity contribution < 1.29 is 18.0 Å². The fourth-order valence-electron chi connectivity index (χ4n) is 4.00. The van der Waals surface area contributed by atoms with Crippen molar-refractivity contribution in [1.29, 1.82) is 0 Å². The highest BCUT2D eigenvalue weighted by Gasteiger charge is 2.64. The first-order chi connectivity index (χ1) is 13.4. The first kappa shape index (κ1) is 18.6. The zero-order chi connectivity index (χ0) is 19.8. The highest BCUT2D eigenvalue weighted by atomic mass is 19.4. The van der Waals surface area contributed by atoms with E-state index in [1.54, 1.807) is 29.3 Å². The van der Waals surface area contributed by atoms with Gasteiger partial charge in [0.1, 0.15) is 12.1 Å². The molecule has 4 rings (SSSR count). The number of hydrogen-bond acceptors (Lipinski definition) is 5. The molecule has 0 N–H and O–H groups in total. The molecule has 9 heteroatoms. The number of rotatable bonds is 2. The molecule has 1 amide bonds. The van der Waals surface area contributed by atoms with Gasteiger partial charge in [-0.25, -0.2) is 15.0 Å². The summed E-state index contributed by atoms with van der Waals surface area (Å²) in [5.74, 6) is -0.390. The van der Waals surface area contributed by atoms with Gasteiger partial charge >= 0.3 is 6.18 Å². The molecule has 0 bridgehead atoms. The number of amides is 1. The number of carbonyl (C=O) groups is 1. The lowest BCUT2D eigenvalue weighted by Crippen LogP contribution is -2.54. The summed E-state index contributed by atoms with van der Waals surface area (Å²) in [6, 6.07) is 5.10. The van der Waals surface area contributed by atoms with Crippen LogP contribution in [0.3, 0.4) is 0 Å². The standard InChI is InChI=1S/C19H20F3N5O/c20-19(21,22)18(6-10-27(12-18)16-3-1-2-7-24-16)17(28)26-8-4-14-11-23-13-25-15(14)5-9-26/h1-3,7,11,13H,4-6,8-10,12H2. The van der Waals surface area contributed by atoms with Crippen LogP contribution < -0.4 is 4.90 Å². The molecule has 1 unspecified atom stereocenters. The Kier molecular flexibility index (Phi) is 4.68. The summed E-state index contributed by atoms with van der Waals surface area (Å²) in [4.78, 5) is 28.4. The Labute approximate surface area is 160 Å². The summed E-state index contributed by atoms with van der Waals surface area (Å²) in [5.41, 5.74) is -0.722. The molecule has 2 aliphatic heterocycles. The van der Waals surface area contributed by atoms with E-state index >= 15 is 0 Å². The van der Waals surface area contributed by atoms with Crippen molar-refractivity contribution in [2.24, 2.45) is 5.41 Å². The van der Waals surface area contributed by atoms with E-state index in [0.29, 0.717) is 18.7 Å². The highest BCUT2D eigenvalue weighted by Crippen LogP contribution is 2.47. The van der Waals surface area contributed by atoms with Crippen molar-refractivity contribution in [2.45, 2.75) is 25.4 Å². The predicted molar refractivity (Wildman–Crippen MR) is 95.6 cm³/mol. The summed E-state index contributed by atoms with van der Waals surface area (Å²) in [6.45, 7) is 0.197. The number of halogens is 3. The van der Waals surface area contributed by atoms with E-state index in [-0.39, 0.29) is 26.1 Å². The van der Waals surface area contributed by atoms with Gasteiger partial charge < -0.3 is 9.80 Å². The van der Waals surface area contributed by atoms with Crippen molar-refractivity contribution in [3.63, 3.8) is 0 Å². The SMILES string of the molecule is O=C(N1CCc2cncnc2CC1)C1(C(F)(F)F)CCN(c2ccccn2)C1. The van der Waals surface area contributed by atoms with Crippen LogP contribution >= 0.6 is 0 Å². The Hall–Kier alpha value is -2.71. The van der Waals surface area contributed by atoms with E-state index < -0.39 is 24.0 Å². The van der Waals surface area contributed by atoms with Crippen molar-refractivity contribution in [2.75, 3.05) is 31.1 Å². The first-order valence-electron chi connectivity index (χ1n) is 9.20. The average molecular weight is 391 g/mol. The lowest BCUT2D eigenvalue weighted by molar-refractivity contribution is -0.221. The van der Waals surface area contributed by atoms with Gasteiger partial charge in [-0.1, -0.05) is 6.07 Å². The molecule has 2 aromatic rings. The maximum atomic E-state index is 14.2. The van der Waals surface area contributed by atoms with E-state index in [1.165, 1.54) is 17.4 Å². The number of alkyl halides is 3. The van der Waals surface area contributed by atoms with Crippen LogP contribution in [0.1, 0.15) is 17.7 Å². The van der Waals surface area contributed by atoms with Gasteiger partial charge in [0, 0.05) is 50.7 Å². The van der Waals surface area contributed by atoms with Crippen molar-refractivity contribution in [3.05, 3.63) is 48.2 Å². The molecule has 28 heavy (non-hydrogen) atoms. The Morgan fingerprint density at radius 3 is 2.68 bits per heavy atom. The average Bonchev–Trinajstić information content (AvgIpc) is 3.05. The van der Waals surface area contributed by atoms with Crippen LogP contribution in [0, 0.1) is 5.41 Å². The summed E-state index contributed by atoms with van der Waals surface area (Å²) in [6.07, 6.45) is 0.629. The number of aromatic nitrogens is 3. The smallest absolute Gasteiger partial charge is 0.355 e. The highest BCUT2D eigenvalue weighted by molar-refractivity contribution is 5.85. The van der Waals surface area contributed by atoms with Gasteiger partial charge in [-0.2, -0.15) is 13.2 Å². The molecule has 6 nitrogen and oxygen atoms in total. The van der Waals surface area contributed by atoms with Crippen LogP contribution in [0.4, 0.5) is 19.0 Å². The van der Waals surface area contributed by atoms with Crippen molar-refractivity contribution >= 4 is 11.7 Å². The summed E-state index contributed by atoms with van der Waals surface area (Å²) >= 11 is 0. The van der Waals surface area contributed by atoms with Crippen LogP contribution in [0.15, 0.2) is 36.9 Å². The van der Waals surface area contributed by atoms with Gasteiger partial charge in [-0.3, -0.25) is 4.79 Å². The van der Waals surface area contributed by atoms with Gasteiger partial charge in [0.15, 0.2) is 5.41 Å². The number of anilines is 1. The van der Waals surface area contributed by atoms with E-state index in [1.807, 2.05) is 0 Å². The Balaban J connectivity index is 1.58. The second kappa shape index (κ2) is 7.03. The fourth-order valence-corrected chi connectivity index (χ4v) is 4.00. The van der Waals surface area contributed by atoms with E-state index in [2.05, 4.69) is 15.0 Å². The number of carbonyl (C=O) groups excluding carboxylic acids is 1. The minimum atomic E-state index is -4.63. The van der Waals surface area contributed by atoms with Gasteiger partial charge in [0.2, 0.25) is 5.91 Å². The monoisotopic (exact) mass is 391 g/mol. The van der Waals surface area contributed by atoms with Crippen LogP contribution in [-0.2, 0) is 17.6 Å². The molecule has 0 spiro atoms. The van der Waals surface area contributed by atoms with Crippen LogP contribution in [0.2, 0.25) is 0 Å². The van der Waals surface area contributed by atoms with Crippen LogP contribution in [-0.4, -0.2) is 58.1 Å². The van der Waals surface area contributed by atoms with Gasteiger partial charge in [0.25, 0.3) is 0 Å². The van der Waals surface area contributed by atoms with E-state index in [0.717, 1.165) is 11.3 Å². The molecule has 0 radical (unpaired) electrons. The maximum absolute atomic E-state index is 14.2.